The first-order valence-electron chi connectivity index (χ1n) is 5.61. The van der Waals surface area contributed by atoms with Gasteiger partial charge in [-0.2, -0.15) is 0 Å². The van der Waals surface area contributed by atoms with E-state index in [9.17, 15) is 9.59 Å². The molecule has 0 unspecified atom stereocenters. The molecule has 0 atom stereocenters. The number of carbonyl (C=O) groups is 2. The van der Waals surface area contributed by atoms with E-state index in [0.717, 1.165) is 5.52 Å². The smallest absolute Gasteiger partial charge is 0.292 e. The summed E-state index contributed by atoms with van der Waals surface area (Å²) in [5.41, 5.74) is 1.12. The molecule has 0 fully saturated rings. The number of hydrogen-bond acceptors (Lipinski definition) is 2. The summed E-state index contributed by atoms with van der Waals surface area (Å²) in [6.07, 6.45) is 1.53. The van der Waals surface area contributed by atoms with Crippen LogP contribution in [0.15, 0.2) is 24.4 Å². The van der Waals surface area contributed by atoms with E-state index in [0.29, 0.717) is 16.0 Å². The van der Waals surface area contributed by atoms with Gasteiger partial charge < -0.3 is 10.3 Å². The SMILES string of the molecule is CC(C)NC(=O)C(=O)c1c[nH]c2ccc(Cl)cc12. The maximum absolute atomic E-state index is 12.0. The second kappa shape index (κ2) is 4.82. The van der Waals surface area contributed by atoms with Crippen LogP contribution in [0.5, 0.6) is 0 Å². The molecule has 0 bridgehead atoms. The highest BCUT2D eigenvalue weighted by atomic mass is 35.5. The quantitative estimate of drug-likeness (QED) is 0.661. The van der Waals surface area contributed by atoms with Crippen molar-refractivity contribution < 1.29 is 9.59 Å². The molecule has 18 heavy (non-hydrogen) atoms. The number of benzene rings is 1. The number of rotatable bonds is 3. The number of halogens is 1. The number of aromatic nitrogens is 1. The van der Waals surface area contributed by atoms with E-state index in [1.807, 2.05) is 0 Å². The molecule has 1 heterocycles. The standard InChI is InChI=1S/C13H13ClN2O2/c1-7(2)16-13(18)12(17)10-6-15-11-4-3-8(14)5-9(10)11/h3-7,15H,1-2H3,(H,16,18). The van der Waals surface area contributed by atoms with E-state index in [1.165, 1.54) is 6.20 Å². The van der Waals surface area contributed by atoms with Crippen LogP contribution in [0.2, 0.25) is 5.02 Å². The van der Waals surface area contributed by atoms with Gasteiger partial charge in [-0.05, 0) is 32.0 Å². The maximum Gasteiger partial charge on any atom is 0.292 e. The number of aromatic amines is 1. The van der Waals surface area contributed by atoms with Crippen molar-refractivity contribution in [3.05, 3.63) is 35.0 Å². The largest absolute Gasteiger partial charge is 0.360 e. The molecule has 4 nitrogen and oxygen atoms in total. The summed E-state index contributed by atoms with van der Waals surface area (Å²) < 4.78 is 0. The van der Waals surface area contributed by atoms with Crippen molar-refractivity contribution in [2.24, 2.45) is 0 Å². The molecule has 2 aromatic rings. The average molecular weight is 265 g/mol. The molecular weight excluding hydrogens is 252 g/mol. The van der Waals surface area contributed by atoms with Gasteiger partial charge in [0.25, 0.3) is 11.7 Å². The van der Waals surface area contributed by atoms with Gasteiger partial charge in [-0.25, -0.2) is 0 Å². The molecule has 2 N–H and O–H groups in total. The third-order valence-corrected chi connectivity index (χ3v) is 2.75. The molecule has 2 rings (SSSR count). The highest BCUT2D eigenvalue weighted by molar-refractivity contribution is 6.45. The zero-order chi connectivity index (χ0) is 13.3. The third kappa shape index (κ3) is 2.38. The lowest BCUT2D eigenvalue weighted by Crippen LogP contribution is -2.35. The van der Waals surface area contributed by atoms with E-state index in [1.54, 1.807) is 32.0 Å². The lowest BCUT2D eigenvalue weighted by atomic mass is 10.1. The van der Waals surface area contributed by atoms with Gasteiger partial charge in [-0.3, -0.25) is 9.59 Å². The van der Waals surface area contributed by atoms with E-state index < -0.39 is 11.7 Å². The van der Waals surface area contributed by atoms with E-state index in [2.05, 4.69) is 10.3 Å². The Bertz CT molecular complexity index is 616. The summed E-state index contributed by atoms with van der Waals surface area (Å²) in [6.45, 7) is 3.61. The summed E-state index contributed by atoms with van der Waals surface area (Å²) in [4.78, 5) is 26.6. The van der Waals surface area contributed by atoms with Gasteiger partial charge in [0.15, 0.2) is 0 Å². The van der Waals surface area contributed by atoms with Gasteiger partial charge in [-0.15, -0.1) is 0 Å². The molecule has 0 saturated carbocycles. The first-order chi connectivity index (χ1) is 8.49. The van der Waals surface area contributed by atoms with E-state index >= 15 is 0 Å². The number of nitrogens with one attached hydrogen (secondary N) is 2. The van der Waals surface area contributed by atoms with Crippen LogP contribution in [-0.2, 0) is 4.79 Å². The zero-order valence-corrected chi connectivity index (χ0v) is 10.8. The van der Waals surface area contributed by atoms with Crippen LogP contribution in [0.25, 0.3) is 10.9 Å². The Kier molecular flexibility index (Phi) is 3.39. The number of hydrogen-bond donors (Lipinski definition) is 2. The molecule has 1 aromatic heterocycles. The first kappa shape index (κ1) is 12.6. The fraction of sp³-hybridized carbons (Fsp3) is 0.231. The van der Waals surface area contributed by atoms with Gasteiger partial charge in [-0.1, -0.05) is 11.6 Å². The van der Waals surface area contributed by atoms with Crippen LogP contribution in [0, 0.1) is 0 Å². The molecule has 94 valence electrons. The van der Waals surface area contributed by atoms with E-state index in [-0.39, 0.29) is 6.04 Å². The molecule has 5 heteroatoms. The third-order valence-electron chi connectivity index (χ3n) is 2.51. The van der Waals surface area contributed by atoms with Gasteiger partial charge in [0, 0.05) is 28.2 Å². The summed E-state index contributed by atoms with van der Waals surface area (Å²) in [5, 5.41) is 3.76. The number of Topliss-reactive ketones (excluding diaryl/α,β-unsaturated/α-hetero) is 1. The molecule has 0 aliphatic heterocycles. The second-order valence-electron chi connectivity index (χ2n) is 4.35. The van der Waals surface area contributed by atoms with Crippen LogP contribution in [0.1, 0.15) is 24.2 Å². The Morgan fingerprint density at radius 3 is 2.72 bits per heavy atom. The predicted molar refractivity (Wildman–Crippen MR) is 70.9 cm³/mol. The Morgan fingerprint density at radius 1 is 1.33 bits per heavy atom. The number of H-pyrrole nitrogens is 1. The number of ketones is 1. The van der Waals surface area contributed by atoms with Crippen molar-refractivity contribution >= 4 is 34.2 Å². The second-order valence-corrected chi connectivity index (χ2v) is 4.79. The topological polar surface area (TPSA) is 62.0 Å². The van der Waals surface area contributed by atoms with E-state index in [4.69, 9.17) is 11.6 Å². The Hall–Kier alpha value is -1.81. The highest BCUT2D eigenvalue weighted by Crippen LogP contribution is 2.22. The molecule has 1 amide bonds. The Labute approximate surface area is 109 Å². The van der Waals surface area contributed by atoms with Crippen molar-refractivity contribution in [1.82, 2.24) is 10.3 Å². The van der Waals surface area contributed by atoms with Gasteiger partial charge in [0.05, 0.1) is 5.56 Å². The molecule has 0 saturated heterocycles. The van der Waals surface area contributed by atoms with Crippen LogP contribution in [-0.4, -0.2) is 22.7 Å². The average Bonchev–Trinajstić information content (AvgIpc) is 2.69. The van der Waals surface area contributed by atoms with Gasteiger partial charge in [0.2, 0.25) is 0 Å². The number of fused-ring (bicyclic) bond motifs is 1. The zero-order valence-electron chi connectivity index (χ0n) is 10.1. The summed E-state index contributed by atoms with van der Waals surface area (Å²) in [6, 6.07) is 5.09. The fourth-order valence-corrected chi connectivity index (χ4v) is 1.90. The van der Waals surface area contributed by atoms with Crippen molar-refractivity contribution in [3.8, 4) is 0 Å². The van der Waals surface area contributed by atoms with Crippen molar-refractivity contribution in [1.29, 1.82) is 0 Å². The lowest BCUT2D eigenvalue weighted by molar-refractivity contribution is -0.117. The van der Waals surface area contributed by atoms with Crippen LogP contribution in [0.3, 0.4) is 0 Å². The summed E-state index contributed by atoms with van der Waals surface area (Å²) >= 11 is 5.89. The minimum Gasteiger partial charge on any atom is -0.360 e. The minimum atomic E-state index is -0.606. The molecular formula is C13H13ClN2O2. The lowest BCUT2D eigenvalue weighted by Gasteiger charge is -2.06. The summed E-state index contributed by atoms with van der Waals surface area (Å²) in [5.74, 6) is -1.16. The number of carbonyl (C=O) groups excluding carboxylic acids is 2. The first-order valence-corrected chi connectivity index (χ1v) is 5.98. The normalized spacial score (nSPS) is 10.9. The Morgan fingerprint density at radius 2 is 2.06 bits per heavy atom. The number of amides is 1. The highest BCUT2D eigenvalue weighted by Gasteiger charge is 2.20. The van der Waals surface area contributed by atoms with Crippen molar-refractivity contribution in [2.45, 2.75) is 19.9 Å². The van der Waals surface area contributed by atoms with Crippen LogP contribution >= 0.6 is 11.6 Å². The predicted octanol–water partition coefficient (Wildman–Crippen LogP) is 2.53. The molecule has 1 aromatic carbocycles. The van der Waals surface area contributed by atoms with Crippen molar-refractivity contribution in [3.63, 3.8) is 0 Å². The van der Waals surface area contributed by atoms with Crippen molar-refractivity contribution in [2.75, 3.05) is 0 Å². The Balaban J connectivity index is 2.39. The fourth-order valence-electron chi connectivity index (χ4n) is 1.73. The monoisotopic (exact) mass is 264 g/mol. The molecule has 0 aliphatic carbocycles. The molecule has 0 radical (unpaired) electrons. The molecule has 0 spiro atoms. The van der Waals surface area contributed by atoms with Crippen LogP contribution < -0.4 is 5.32 Å². The van der Waals surface area contributed by atoms with Gasteiger partial charge in [0.1, 0.15) is 0 Å². The minimum absolute atomic E-state index is 0.0738. The molecule has 0 aliphatic rings. The van der Waals surface area contributed by atoms with Crippen LogP contribution in [0.4, 0.5) is 0 Å². The maximum atomic E-state index is 12.0. The summed E-state index contributed by atoms with van der Waals surface area (Å²) in [7, 11) is 0. The van der Waals surface area contributed by atoms with Gasteiger partial charge >= 0.3 is 0 Å².